The molecule has 0 spiro atoms. The Morgan fingerprint density at radius 1 is 1.10 bits per heavy atom. The number of aromatic nitrogens is 2. The molecule has 1 atom stereocenters. The molecule has 0 amide bonds. The number of ether oxygens (including phenoxy) is 2. The summed E-state index contributed by atoms with van der Waals surface area (Å²) >= 11 is 1.63. The van der Waals surface area contributed by atoms with Crippen molar-refractivity contribution in [2.45, 2.75) is 73.8 Å². The molecule has 212 valence electrons. The van der Waals surface area contributed by atoms with Crippen molar-refractivity contribution in [3.8, 4) is 0 Å². The predicted octanol–water partition coefficient (Wildman–Crippen LogP) is 3.37. The molecule has 39 heavy (non-hydrogen) atoms. The SMILES string of the molecule is CCC(OC1CCNCC1)C(=O)O.O=C(O)COC1CCN(Cc2ccc3c(c2)Nc2nccnc2S3)CC1. The summed E-state index contributed by atoms with van der Waals surface area (Å²) in [7, 11) is 0. The van der Waals surface area contributed by atoms with Crippen molar-refractivity contribution >= 4 is 35.2 Å². The van der Waals surface area contributed by atoms with Gasteiger partial charge in [0.1, 0.15) is 11.6 Å². The third-order valence-corrected chi connectivity index (χ3v) is 7.91. The fourth-order valence-electron chi connectivity index (χ4n) is 4.75. The number of aliphatic carboxylic acids is 2. The Balaban J connectivity index is 0.000000229. The van der Waals surface area contributed by atoms with Gasteiger partial charge < -0.3 is 30.3 Å². The van der Waals surface area contributed by atoms with E-state index in [-0.39, 0.29) is 18.8 Å². The summed E-state index contributed by atoms with van der Waals surface area (Å²) in [5, 5.41) is 24.9. The van der Waals surface area contributed by atoms with Gasteiger partial charge in [-0.05, 0) is 62.9 Å². The minimum Gasteiger partial charge on any atom is -0.480 e. The Kier molecular flexibility index (Phi) is 10.9. The highest BCUT2D eigenvalue weighted by atomic mass is 32.2. The minimum atomic E-state index is -0.905. The molecule has 11 nitrogen and oxygen atoms in total. The van der Waals surface area contributed by atoms with Crippen molar-refractivity contribution in [2.75, 3.05) is 38.1 Å². The van der Waals surface area contributed by atoms with Crippen LogP contribution in [-0.2, 0) is 25.6 Å². The summed E-state index contributed by atoms with van der Waals surface area (Å²) in [4.78, 5) is 33.5. The normalized spacial score (nSPS) is 18.6. The van der Waals surface area contributed by atoms with Crippen LogP contribution in [0.25, 0.3) is 0 Å². The predicted molar refractivity (Wildman–Crippen MR) is 146 cm³/mol. The highest BCUT2D eigenvalue weighted by Gasteiger charge is 2.23. The molecule has 3 aliphatic heterocycles. The van der Waals surface area contributed by atoms with Crippen LogP contribution >= 0.6 is 11.8 Å². The zero-order valence-corrected chi connectivity index (χ0v) is 23.0. The maximum atomic E-state index is 10.7. The van der Waals surface area contributed by atoms with Gasteiger partial charge in [0.25, 0.3) is 0 Å². The number of piperidine rings is 2. The molecule has 4 N–H and O–H groups in total. The Labute approximate surface area is 232 Å². The van der Waals surface area contributed by atoms with E-state index in [9.17, 15) is 9.59 Å². The molecule has 1 aromatic carbocycles. The van der Waals surface area contributed by atoms with E-state index in [1.54, 1.807) is 24.2 Å². The maximum absolute atomic E-state index is 10.7. The zero-order chi connectivity index (χ0) is 27.6. The summed E-state index contributed by atoms with van der Waals surface area (Å²) in [6.07, 6.45) is 7.08. The zero-order valence-electron chi connectivity index (χ0n) is 22.2. The lowest BCUT2D eigenvalue weighted by Gasteiger charge is -2.31. The Morgan fingerprint density at radius 3 is 2.54 bits per heavy atom. The van der Waals surface area contributed by atoms with Gasteiger partial charge in [-0.25, -0.2) is 19.6 Å². The molecule has 2 fully saturated rings. The molecule has 2 saturated heterocycles. The number of nitrogens with one attached hydrogen (secondary N) is 2. The molecule has 3 aliphatic rings. The molecule has 5 rings (SSSR count). The molecule has 0 aliphatic carbocycles. The second kappa shape index (κ2) is 14.6. The van der Waals surface area contributed by atoms with E-state index >= 15 is 0 Å². The van der Waals surface area contributed by atoms with E-state index in [2.05, 4.69) is 43.7 Å². The first-order valence-corrected chi connectivity index (χ1v) is 14.3. The second-order valence-corrected chi connectivity index (χ2v) is 10.8. The number of anilines is 2. The highest BCUT2D eigenvalue weighted by molar-refractivity contribution is 7.99. The van der Waals surface area contributed by atoms with E-state index in [1.807, 2.05) is 6.92 Å². The van der Waals surface area contributed by atoms with Gasteiger partial charge in [0.15, 0.2) is 11.9 Å². The molecular formula is C27H37N5O6S. The number of carboxylic acids is 2. The monoisotopic (exact) mass is 559 g/mol. The third kappa shape index (κ3) is 8.87. The second-order valence-electron chi connectivity index (χ2n) is 9.77. The molecule has 0 radical (unpaired) electrons. The summed E-state index contributed by atoms with van der Waals surface area (Å²) in [6, 6.07) is 6.46. The lowest BCUT2D eigenvalue weighted by molar-refractivity contribution is -0.155. The molecular weight excluding hydrogens is 522 g/mol. The summed E-state index contributed by atoms with van der Waals surface area (Å²) in [6.45, 7) is 6.19. The van der Waals surface area contributed by atoms with Crippen LogP contribution in [0.5, 0.6) is 0 Å². The van der Waals surface area contributed by atoms with Gasteiger partial charge in [0, 0.05) is 36.9 Å². The fourth-order valence-corrected chi connectivity index (χ4v) is 5.63. The van der Waals surface area contributed by atoms with Crippen molar-refractivity contribution in [3.05, 3.63) is 36.2 Å². The van der Waals surface area contributed by atoms with Gasteiger partial charge in [0.2, 0.25) is 0 Å². The molecule has 2 aromatic rings. The van der Waals surface area contributed by atoms with Crippen molar-refractivity contribution < 1.29 is 29.3 Å². The number of carboxylic acid groups (broad SMARTS) is 2. The van der Waals surface area contributed by atoms with Crippen molar-refractivity contribution in [2.24, 2.45) is 0 Å². The average Bonchev–Trinajstić information content (AvgIpc) is 2.95. The lowest BCUT2D eigenvalue weighted by atomic mass is 10.1. The van der Waals surface area contributed by atoms with Gasteiger partial charge >= 0.3 is 11.9 Å². The van der Waals surface area contributed by atoms with Crippen LogP contribution < -0.4 is 10.6 Å². The van der Waals surface area contributed by atoms with E-state index in [1.165, 1.54) is 5.56 Å². The van der Waals surface area contributed by atoms with Crippen LogP contribution in [0.1, 0.15) is 44.6 Å². The largest absolute Gasteiger partial charge is 0.480 e. The molecule has 1 unspecified atom stereocenters. The molecule has 0 bridgehead atoms. The van der Waals surface area contributed by atoms with E-state index in [0.29, 0.717) is 6.42 Å². The Hall–Kier alpha value is -2.77. The van der Waals surface area contributed by atoms with Crippen LogP contribution in [0.2, 0.25) is 0 Å². The van der Waals surface area contributed by atoms with Crippen LogP contribution in [0, 0.1) is 0 Å². The Bertz CT molecular complexity index is 1110. The van der Waals surface area contributed by atoms with Gasteiger partial charge in [-0.1, -0.05) is 24.8 Å². The lowest BCUT2D eigenvalue weighted by Crippen LogP contribution is -2.37. The van der Waals surface area contributed by atoms with Crippen molar-refractivity contribution in [1.29, 1.82) is 0 Å². The number of rotatable bonds is 9. The van der Waals surface area contributed by atoms with Crippen LogP contribution in [0.15, 0.2) is 40.5 Å². The number of likely N-dealkylation sites (tertiary alicyclic amines) is 1. The first-order chi connectivity index (χ1) is 18.9. The minimum absolute atomic E-state index is 0.0547. The number of carbonyl (C=O) groups is 2. The van der Waals surface area contributed by atoms with E-state index in [4.69, 9.17) is 19.7 Å². The molecule has 4 heterocycles. The molecule has 0 saturated carbocycles. The first-order valence-electron chi connectivity index (χ1n) is 13.4. The summed E-state index contributed by atoms with van der Waals surface area (Å²) in [5.41, 5.74) is 2.31. The van der Waals surface area contributed by atoms with Crippen LogP contribution in [-0.4, -0.2) is 88.1 Å². The summed E-state index contributed by atoms with van der Waals surface area (Å²) < 4.78 is 10.9. The van der Waals surface area contributed by atoms with Gasteiger partial charge in [0.05, 0.1) is 17.9 Å². The smallest absolute Gasteiger partial charge is 0.332 e. The van der Waals surface area contributed by atoms with Gasteiger partial charge in [-0.3, -0.25) is 4.90 Å². The standard InChI is InChI=1S/C18H20N4O3S.C9H17NO3/c23-16(24)11-25-13-3-7-22(8-4-13)10-12-1-2-15-14(9-12)21-17-18(26-15)20-6-5-19-17;1-2-8(9(11)12)13-7-3-5-10-6-4-7/h1-2,5-6,9,13H,3-4,7-8,10-11H2,(H,19,21)(H,23,24);7-8,10H,2-6H2,1H3,(H,11,12). The molecule has 1 aromatic heterocycles. The van der Waals surface area contributed by atoms with Crippen molar-refractivity contribution in [1.82, 2.24) is 20.2 Å². The number of hydrogen-bond acceptors (Lipinski definition) is 10. The summed E-state index contributed by atoms with van der Waals surface area (Å²) in [5.74, 6) is -0.947. The number of benzene rings is 1. The first kappa shape index (κ1) is 29.2. The maximum Gasteiger partial charge on any atom is 0.332 e. The average molecular weight is 560 g/mol. The van der Waals surface area contributed by atoms with Gasteiger partial charge in [-0.2, -0.15) is 0 Å². The van der Waals surface area contributed by atoms with Crippen LogP contribution in [0.4, 0.5) is 11.5 Å². The topological polar surface area (TPSA) is 146 Å². The number of nitrogens with zero attached hydrogens (tertiary/aromatic N) is 3. The van der Waals surface area contributed by atoms with Crippen LogP contribution in [0.3, 0.4) is 0 Å². The van der Waals surface area contributed by atoms with Crippen molar-refractivity contribution in [3.63, 3.8) is 0 Å². The number of hydrogen-bond donors (Lipinski definition) is 4. The highest BCUT2D eigenvalue weighted by Crippen LogP contribution is 2.42. The fraction of sp³-hybridized carbons (Fsp3) is 0.556. The third-order valence-electron chi connectivity index (χ3n) is 6.84. The van der Waals surface area contributed by atoms with E-state index < -0.39 is 18.0 Å². The van der Waals surface area contributed by atoms with E-state index in [0.717, 1.165) is 79.8 Å². The molecule has 12 heteroatoms. The Morgan fingerprint density at radius 2 is 1.85 bits per heavy atom. The quantitative estimate of drug-likeness (QED) is 0.305. The number of fused-ring (bicyclic) bond motifs is 2. The van der Waals surface area contributed by atoms with Gasteiger partial charge in [-0.15, -0.1) is 0 Å².